The van der Waals surface area contributed by atoms with Gasteiger partial charge in [0.1, 0.15) is 0 Å². The van der Waals surface area contributed by atoms with Crippen molar-refractivity contribution in [3.8, 4) is 11.5 Å². The number of ether oxygens (including phenoxy) is 3. The summed E-state index contributed by atoms with van der Waals surface area (Å²) in [6.07, 6.45) is 1.70. The lowest BCUT2D eigenvalue weighted by Gasteiger charge is -2.13. The molecule has 0 unspecified atom stereocenters. The predicted octanol–water partition coefficient (Wildman–Crippen LogP) is 4.59. The van der Waals surface area contributed by atoms with E-state index in [2.05, 4.69) is 20.9 Å². The summed E-state index contributed by atoms with van der Waals surface area (Å²) < 4.78 is 17.2. The third kappa shape index (κ3) is 4.14. The van der Waals surface area contributed by atoms with Crippen LogP contribution in [0, 0.1) is 0 Å². The van der Waals surface area contributed by atoms with Crippen LogP contribution in [-0.4, -0.2) is 25.1 Å². The number of nitrogens with zero attached hydrogens (tertiary/aromatic N) is 1. The third-order valence-corrected chi connectivity index (χ3v) is 4.04. The van der Waals surface area contributed by atoms with Crippen molar-refractivity contribution in [3.63, 3.8) is 0 Å². The molecule has 0 radical (unpaired) electrons. The van der Waals surface area contributed by atoms with Gasteiger partial charge in [0, 0.05) is 10.0 Å². The SMILES string of the molecule is COc1cc(C=C2N=C(c3cccc(Br)c3)OC2=O)ccc1OC(C)C. The molecule has 0 N–H and O–H groups in total. The number of hydrogen-bond acceptors (Lipinski definition) is 5. The quantitative estimate of drug-likeness (QED) is 0.529. The largest absolute Gasteiger partial charge is 0.493 e. The van der Waals surface area contributed by atoms with Gasteiger partial charge < -0.3 is 14.2 Å². The summed E-state index contributed by atoms with van der Waals surface area (Å²) in [5.74, 6) is 1.04. The number of rotatable bonds is 5. The molecule has 0 spiro atoms. The van der Waals surface area contributed by atoms with E-state index in [0.29, 0.717) is 11.5 Å². The molecular formula is C20H18BrNO4. The van der Waals surface area contributed by atoms with Crippen LogP contribution in [-0.2, 0) is 9.53 Å². The number of aliphatic imine (C=N–C) groups is 1. The van der Waals surface area contributed by atoms with E-state index in [0.717, 1.165) is 15.6 Å². The second-order valence-corrected chi connectivity index (χ2v) is 6.84. The van der Waals surface area contributed by atoms with E-state index in [1.54, 1.807) is 19.3 Å². The van der Waals surface area contributed by atoms with Crippen molar-refractivity contribution >= 4 is 33.9 Å². The Balaban J connectivity index is 1.90. The van der Waals surface area contributed by atoms with Crippen molar-refractivity contribution in [2.45, 2.75) is 20.0 Å². The summed E-state index contributed by atoms with van der Waals surface area (Å²) in [7, 11) is 1.58. The van der Waals surface area contributed by atoms with Gasteiger partial charge in [0.15, 0.2) is 17.2 Å². The fourth-order valence-electron chi connectivity index (χ4n) is 2.44. The van der Waals surface area contributed by atoms with Crippen LogP contribution in [0.15, 0.2) is 57.6 Å². The molecule has 26 heavy (non-hydrogen) atoms. The normalized spacial score (nSPS) is 15.2. The van der Waals surface area contributed by atoms with Gasteiger partial charge in [-0.05, 0) is 55.8 Å². The monoisotopic (exact) mass is 415 g/mol. The van der Waals surface area contributed by atoms with E-state index >= 15 is 0 Å². The number of halogens is 1. The molecule has 3 rings (SSSR count). The Kier molecular flexibility index (Phi) is 5.42. The number of hydrogen-bond donors (Lipinski definition) is 0. The molecule has 1 heterocycles. The van der Waals surface area contributed by atoms with Crippen LogP contribution in [0.5, 0.6) is 11.5 Å². The number of carbonyl (C=O) groups excluding carboxylic acids is 1. The van der Waals surface area contributed by atoms with Crippen LogP contribution >= 0.6 is 15.9 Å². The van der Waals surface area contributed by atoms with E-state index < -0.39 is 5.97 Å². The molecule has 5 nitrogen and oxygen atoms in total. The van der Waals surface area contributed by atoms with Crippen molar-refractivity contribution in [2.75, 3.05) is 7.11 Å². The van der Waals surface area contributed by atoms with Gasteiger partial charge >= 0.3 is 5.97 Å². The van der Waals surface area contributed by atoms with E-state index in [1.807, 2.05) is 50.2 Å². The second kappa shape index (κ2) is 7.74. The number of carbonyl (C=O) groups is 1. The van der Waals surface area contributed by atoms with Gasteiger partial charge in [-0.2, -0.15) is 0 Å². The molecule has 0 bridgehead atoms. The maximum absolute atomic E-state index is 12.1. The maximum Gasteiger partial charge on any atom is 0.363 e. The first kappa shape index (κ1) is 18.2. The smallest absolute Gasteiger partial charge is 0.363 e. The molecule has 6 heteroatoms. The Labute approximate surface area is 160 Å². The van der Waals surface area contributed by atoms with Crippen LogP contribution in [0.2, 0.25) is 0 Å². The molecule has 1 aliphatic rings. The first-order chi connectivity index (χ1) is 12.5. The highest BCUT2D eigenvalue weighted by molar-refractivity contribution is 9.10. The summed E-state index contributed by atoms with van der Waals surface area (Å²) >= 11 is 3.40. The van der Waals surface area contributed by atoms with Crippen molar-refractivity contribution in [3.05, 3.63) is 63.8 Å². The molecule has 0 amide bonds. The highest BCUT2D eigenvalue weighted by Crippen LogP contribution is 2.30. The van der Waals surface area contributed by atoms with Gasteiger partial charge in [-0.3, -0.25) is 0 Å². The molecule has 0 fully saturated rings. The van der Waals surface area contributed by atoms with Crippen molar-refractivity contribution < 1.29 is 19.0 Å². The lowest BCUT2D eigenvalue weighted by molar-refractivity contribution is -0.129. The Morgan fingerprint density at radius 3 is 2.65 bits per heavy atom. The van der Waals surface area contributed by atoms with Crippen molar-refractivity contribution in [1.29, 1.82) is 0 Å². The predicted molar refractivity (Wildman–Crippen MR) is 104 cm³/mol. The van der Waals surface area contributed by atoms with Gasteiger partial charge in [-0.25, -0.2) is 9.79 Å². The van der Waals surface area contributed by atoms with Crippen molar-refractivity contribution in [2.24, 2.45) is 4.99 Å². The Morgan fingerprint density at radius 1 is 1.15 bits per heavy atom. The number of methoxy groups -OCH3 is 1. The van der Waals surface area contributed by atoms with E-state index in [4.69, 9.17) is 14.2 Å². The van der Waals surface area contributed by atoms with Gasteiger partial charge in [0.05, 0.1) is 13.2 Å². The van der Waals surface area contributed by atoms with Crippen LogP contribution in [0.25, 0.3) is 6.08 Å². The summed E-state index contributed by atoms with van der Waals surface area (Å²) in [6, 6.07) is 12.9. The summed E-state index contributed by atoms with van der Waals surface area (Å²) in [4.78, 5) is 16.5. The number of benzene rings is 2. The minimum atomic E-state index is -0.485. The van der Waals surface area contributed by atoms with E-state index in [1.165, 1.54) is 0 Å². The Bertz CT molecular complexity index is 902. The highest BCUT2D eigenvalue weighted by Gasteiger charge is 2.24. The Hall–Kier alpha value is -2.60. The molecule has 2 aromatic carbocycles. The molecule has 134 valence electrons. The van der Waals surface area contributed by atoms with Crippen molar-refractivity contribution in [1.82, 2.24) is 0 Å². The fraction of sp³-hybridized carbons (Fsp3) is 0.200. The average molecular weight is 416 g/mol. The molecule has 0 aromatic heterocycles. The highest BCUT2D eigenvalue weighted by atomic mass is 79.9. The second-order valence-electron chi connectivity index (χ2n) is 5.92. The van der Waals surface area contributed by atoms with Gasteiger partial charge in [0.25, 0.3) is 0 Å². The van der Waals surface area contributed by atoms with Crippen LogP contribution in [0.1, 0.15) is 25.0 Å². The lowest BCUT2D eigenvalue weighted by Crippen LogP contribution is -2.06. The number of esters is 1. The Morgan fingerprint density at radius 2 is 1.96 bits per heavy atom. The minimum absolute atomic E-state index is 0.0373. The van der Waals surface area contributed by atoms with Crippen LogP contribution in [0.4, 0.5) is 0 Å². The zero-order chi connectivity index (χ0) is 18.7. The van der Waals surface area contributed by atoms with Gasteiger partial charge in [-0.1, -0.05) is 28.1 Å². The summed E-state index contributed by atoms with van der Waals surface area (Å²) in [5, 5.41) is 0. The van der Waals surface area contributed by atoms with E-state index in [9.17, 15) is 4.79 Å². The fourth-order valence-corrected chi connectivity index (χ4v) is 2.84. The summed E-state index contributed by atoms with van der Waals surface area (Å²) in [6.45, 7) is 3.89. The van der Waals surface area contributed by atoms with E-state index in [-0.39, 0.29) is 17.7 Å². The maximum atomic E-state index is 12.1. The molecule has 0 aliphatic carbocycles. The topological polar surface area (TPSA) is 57.1 Å². The van der Waals surface area contributed by atoms with Gasteiger partial charge in [-0.15, -0.1) is 0 Å². The molecule has 0 saturated heterocycles. The van der Waals surface area contributed by atoms with Crippen LogP contribution in [0.3, 0.4) is 0 Å². The summed E-state index contributed by atoms with van der Waals surface area (Å²) in [5.41, 5.74) is 1.73. The molecule has 0 atom stereocenters. The van der Waals surface area contributed by atoms with Gasteiger partial charge in [0.2, 0.25) is 5.90 Å². The first-order valence-corrected chi connectivity index (χ1v) is 8.89. The van der Waals surface area contributed by atoms with Crippen LogP contribution < -0.4 is 9.47 Å². The molecule has 1 aliphatic heterocycles. The molecular weight excluding hydrogens is 398 g/mol. The molecule has 0 saturated carbocycles. The zero-order valence-corrected chi connectivity index (χ0v) is 16.2. The zero-order valence-electron chi connectivity index (χ0n) is 14.7. The molecule has 2 aromatic rings. The third-order valence-electron chi connectivity index (χ3n) is 3.55. The minimum Gasteiger partial charge on any atom is -0.493 e. The standard InChI is InChI=1S/C20H18BrNO4/c1-12(2)25-17-8-7-13(10-18(17)24-3)9-16-20(23)26-19(22-16)14-5-4-6-15(21)11-14/h4-12H,1-3H3. The first-order valence-electron chi connectivity index (χ1n) is 8.09. The lowest BCUT2D eigenvalue weighted by atomic mass is 10.1. The number of cyclic esters (lactones) is 1. The average Bonchev–Trinajstić information content (AvgIpc) is 2.96.